The first-order valence-corrected chi connectivity index (χ1v) is 13.3. The Hall–Kier alpha value is -2.16. The summed E-state index contributed by atoms with van der Waals surface area (Å²) in [5.41, 5.74) is 2.38. The van der Waals surface area contributed by atoms with E-state index in [1.807, 2.05) is 43.3 Å². The maximum Gasteiger partial charge on any atom is 0.243 e. The van der Waals surface area contributed by atoms with Gasteiger partial charge < -0.3 is 4.74 Å². The maximum absolute atomic E-state index is 13.1. The summed E-state index contributed by atoms with van der Waals surface area (Å²) < 4.78 is 33.0. The van der Waals surface area contributed by atoms with Crippen molar-refractivity contribution >= 4 is 32.5 Å². The number of methoxy groups -OCH3 is 1. The van der Waals surface area contributed by atoms with E-state index >= 15 is 0 Å². The van der Waals surface area contributed by atoms with Crippen LogP contribution in [0.25, 0.3) is 0 Å². The van der Waals surface area contributed by atoms with Crippen LogP contribution in [0.3, 0.4) is 0 Å². The van der Waals surface area contributed by atoms with Gasteiger partial charge in [0.25, 0.3) is 0 Å². The molecular formula is C24H29N3O3S2. The summed E-state index contributed by atoms with van der Waals surface area (Å²) in [6.07, 6.45) is 2.21. The zero-order valence-electron chi connectivity index (χ0n) is 18.7. The molecule has 4 rings (SSSR count). The van der Waals surface area contributed by atoms with Gasteiger partial charge in [-0.25, -0.2) is 13.4 Å². The fourth-order valence-electron chi connectivity index (χ4n) is 3.93. The van der Waals surface area contributed by atoms with Crippen LogP contribution in [0.5, 0.6) is 5.75 Å². The number of ether oxygens (including phenoxy) is 1. The van der Waals surface area contributed by atoms with Crippen LogP contribution in [0.1, 0.15) is 37.3 Å². The van der Waals surface area contributed by atoms with Gasteiger partial charge in [-0.2, -0.15) is 4.31 Å². The summed E-state index contributed by atoms with van der Waals surface area (Å²) in [6.45, 7) is 4.91. The third-order valence-corrected chi connectivity index (χ3v) is 8.90. The number of piperidine rings is 1. The third kappa shape index (κ3) is 4.63. The van der Waals surface area contributed by atoms with Crippen molar-refractivity contribution in [2.45, 2.75) is 43.7 Å². The molecule has 2 aliphatic rings. The van der Waals surface area contributed by atoms with Gasteiger partial charge >= 0.3 is 0 Å². The summed E-state index contributed by atoms with van der Waals surface area (Å²) in [7, 11) is -1.86. The summed E-state index contributed by atoms with van der Waals surface area (Å²) in [4.78, 5) is 10.5. The van der Waals surface area contributed by atoms with Crippen LogP contribution in [-0.2, 0) is 10.0 Å². The fraction of sp³-hybridized carbons (Fsp3) is 0.417. The van der Waals surface area contributed by atoms with Gasteiger partial charge in [0.1, 0.15) is 10.8 Å². The van der Waals surface area contributed by atoms with Crippen LogP contribution in [-0.4, -0.2) is 55.1 Å². The average Bonchev–Trinajstić information content (AvgIpc) is 3.16. The minimum atomic E-state index is -3.51. The predicted molar refractivity (Wildman–Crippen MR) is 132 cm³/mol. The van der Waals surface area contributed by atoms with Crippen molar-refractivity contribution in [1.29, 1.82) is 0 Å². The summed E-state index contributed by atoms with van der Waals surface area (Å²) >= 11 is 1.73. The molecule has 170 valence electrons. The first-order valence-electron chi connectivity index (χ1n) is 10.9. The van der Waals surface area contributed by atoms with Gasteiger partial charge in [-0.15, -0.1) is 11.8 Å². The van der Waals surface area contributed by atoms with E-state index in [0.29, 0.717) is 30.8 Å². The molecule has 1 fully saturated rings. The van der Waals surface area contributed by atoms with Crippen molar-refractivity contribution < 1.29 is 13.2 Å². The highest BCUT2D eigenvalue weighted by Crippen LogP contribution is 2.37. The second kappa shape index (κ2) is 9.37. The van der Waals surface area contributed by atoms with Crippen LogP contribution >= 0.6 is 11.8 Å². The zero-order valence-corrected chi connectivity index (χ0v) is 20.4. The quantitative estimate of drug-likeness (QED) is 0.621. The smallest absolute Gasteiger partial charge is 0.243 e. The molecule has 1 spiro atoms. The highest BCUT2D eigenvalue weighted by Gasteiger charge is 2.42. The van der Waals surface area contributed by atoms with Crippen LogP contribution in [0, 0.1) is 6.92 Å². The number of nitrogens with zero attached hydrogens (tertiary/aromatic N) is 3. The lowest BCUT2D eigenvalue weighted by atomic mass is 10.00. The van der Waals surface area contributed by atoms with Gasteiger partial charge in [-0.05, 0) is 55.5 Å². The molecular weight excluding hydrogens is 442 g/mol. The van der Waals surface area contributed by atoms with E-state index in [4.69, 9.17) is 14.7 Å². The van der Waals surface area contributed by atoms with Gasteiger partial charge in [-0.3, -0.25) is 4.99 Å². The minimum Gasteiger partial charge on any atom is -0.497 e. The average molecular weight is 472 g/mol. The first kappa shape index (κ1) is 23.0. The number of aliphatic imine (C=N–C) groups is 2. The van der Waals surface area contributed by atoms with E-state index < -0.39 is 15.7 Å². The normalized spacial score (nSPS) is 18.5. The Kier molecular flexibility index (Phi) is 6.74. The standard InChI is InChI=1S/C24H29N3O3S2/c1-4-17-31-23-22(19-7-9-20(30-3)10-8-19)25-24(26-23)13-15-27(16-14-24)32(28,29)21-11-5-18(2)6-12-21/h5-12H,4,13-17H2,1-3H3. The van der Waals surface area contributed by atoms with Gasteiger partial charge in [-0.1, -0.05) is 24.6 Å². The molecule has 32 heavy (non-hydrogen) atoms. The molecule has 0 bridgehead atoms. The molecule has 0 N–H and O–H groups in total. The van der Waals surface area contributed by atoms with E-state index in [2.05, 4.69) is 6.92 Å². The molecule has 2 heterocycles. The third-order valence-electron chi connectivity index (χ3n) is 5.82. The van der Waals surface area contributed by atoms with Crippen molar-refractivity contribution in [1.82, 2.24) is 4.31 Å². The van der Waals surface area contributed by atoms with E-state index in [-0.39, 0.29) is 0 Å². The summed E-state index contributed by atoms with van der Waals surface area (Å²) in [6, 6.07) is 14.9. The van der Waals surface area contributed by atoms with Gasteiger partial charge in [0.05, 0.1) is 17.7 Å². The van der Waals surface area contributed by atoms with Crippen LogP contribution in [0.2, 0.25) is 0 Å². The lowest BCUT2D eigenvalue weighted by Crippen LogP contribution is -2.44. The van der Waals surface area contributed by atoms with Gasteiger partial charge in [0.15, 0.2) is 5.66 Å². The van der Waals surface area contributed by atoms with Crippen molar-refractivity contribution in [3.05, 3.63) is 59.7 Å². The number of sulfonamides is 1. The molecule has 2 aromatic carbocycles. The Bertz CT molecular complexity index is 1120. The predicted octanol–water partition coefficient (Wildman–Crippen LogP) is 4.53. The van der Waals surface area contributed by atoms with Crippen molar-refractivity contribution in [3.63, 3.8) is 0 Å². The molecule has 1 saturated heterocycles. The number of rotatable bonds is 6. The summed E-state index contributed by atoms with van der Waals surface area (Å²) in [5.74, 6) is 1.77. The van der Waals surface area contributed by atoms with Crippen molar-refractivity contribution in [2.75, 3.05) is 26.0 Å². The lowest BCUT2D eigenvalue weighted by molar-refractivity contribution is 0.249. The number of aryl methyl sites for hydroxylation is 1. The molecule has 2 aliphatic heterocycles. The highest BCUT2D eigenvalue weighted by molar-refractivity contribution is 8.15. The van der Waals surface area contributed by atoms with Gasteiger partial charge in [0.2, 0.25) is 10.0 Å². The molecule has 2 aromatic rings. The molecule has 0 radical (unpaired) electrons. The molecule has 0 saturated carbocycles. The van der Waals surface area contributed by atoms with Gasteiger partial charge in [0, 0.05) is 31.5 Å². The first-order chi connectivity index (χ1) is 15.4. The van der Waals surface area contributed by atoms with Crippen LogP contribution in [0.15, 0.2) is 63.4 Å². The Morgan fingerprint density at radius 1 is 1.03 bits per heavy atom. The molecule has 0 unspecified atom stereocenters. The summed E-state index contributed by atoms with van der Waals surface area (Å²) in [5, 5.41) is 0.951. The van der Waals surface area contributed by atoms with Crippen LogP contribution in [0.4, 0.5) is 0 Å². The van der Waals surface area contributed by atoms with E-state index in [0.717, 1.165) is 39.8 Å². The van der Waals surface area contributed by atoms with Crippen LogP contribution < -0.4 is 4.74 Å². The Balaban J connectivity index is 1.56. The largest absolute Gasteiger partial charge is 0.497 e. The van der Waals surface area contributed by atoms with E-state index in [9.17, 15) is 8.42 Å². The topological polar surface area (TPSA) is 71.3 Å². The molecule has 0 aliphatic carbocycles. The minimum absolute atomic E-state index is 0.343. The second-order valence-electron chi connectivity index (χ2n) is 8.15. The zero-order chi connectivity index (χ0) is 22.8. The molecule has 6 nitrogen and oxygen atoms in total. The molecule has 0 aromatic heterocycles. The maximum atomic E-state index is 13.1. The molecule has 8 heteroatoms. The number of benzene rings is 2. The second-order valence-corrected chi connectivity index (χ2v) is 11.2. The fourth-order valence-corrected chi connectivity index (χ4v) is 6.30. The van der Waals surface area contributed by atoms with Crippen molar-refractivity contribution in [2.24, 2.45) is 9.98 Å². The van der Waals surface area contributed by atoms with E-state index in [1.54, 1.807) is 35.3 Å². The monoisotopic (exact) mass is 471 g/mol. The SMILES string of the molecule is CCCSC1=NC2(CCN(S(=O)(=O)c3ccc(C)cc3)CC2)N=C1c1ccc(OC)cc1. The highest BCUT2D eigenvalue weighted by atomic mass is 32.2. The Morgan fingerprint density at radius 2 is 1.69 bits per heavy atom. The number of thioether (sulfide) groups is 1. The van der Waals surface area contributed by atoms with Crippen molar-refractivity contribution in [3.8, 4) is 5.75 Å². The Labute approximate surface area is 194 Å². The number of hydrogen-bond acceptors (Lipinski definition) is 6. The number of hydrogen-bond donors (Lipinski definition) is 0. The lowest BCUT2D eigenvalue weighted by Gasteiger charge is -2.34. The Morgan fingerprint density at radius 3 is 2.28 bits per heavy atom. The van der Waals surface area contributed by atoms with E-state index in [1.165, 1.54) is 0 Å². The molecule has 0 amide bonds. The molecule has 0 atom stereocenters.